The molecule has 1 aromatic rings. The van der Waals surface area contributed by atoms with E-state index in [1.165, 1.54) is 30.5 Å². The van der Waals surface area contributed by atoms with E-state index in [0.29, 0.717) is 6.04 Å². The Labute approximate surface area is 163 Å². The van der Waals surface area contributed by atoms with Crippen LogP contribution in [-0.2, 0) is 11.3 Å². The molecule has 136 valence electrons. The highest BCUT2D eigenvalue weighted by Gasteiger charge is 2.23. The Balaban J connectivity index is 0.00000288. The fourth-order valence-electron chi connectivity index (χ4n) is 3.07. The minimum absolute atomic E-state index is 0. The minimum Gasteiger partial charge on any atom is -0.383 e. The third kappa shape index (κ3) is 6.94. The van der Waals surface area contributed by atoms with E-state index >= 15 is 0 Å². The SMILES string of the molecule is CN=C(NCc1cccc(C)c1)NCC1CCCN1CCOC.I. The molecule has 1 heterocycles. The van der Waals surface area contributed by atoms with Crippen LogP contribution in [0.1, 0.15) is 24.0 Å². The maximum Gasteiger partial charge on any atom is 0.191 e. The molecule has 0 spiro atoms. The van der Waals surface area contributed by atoms with Gasteiger partial charge < -0.3 is 15.4 Å². The molecule has 2 N–H and O–H groups in total. The first kappa shape index (κ1) is 21.2. The first-order chi connectivity index (χ1) is 11.2. The van der Waals surface area contributed by atoms with Gasteiger partial charge in [0, 0.05) is 39.8 Å². The Morgan fingerprint density at radius 2 is 2.21 bits per heavy atom. The highest BCUT2D eigenvalue weighted by Crippen LogP contribution is 2.15. The number of nitrogens with zero attached hydrogens (tertiary/aromatic N) is 2. The van der Waals surface area contributed by atoms with Crippen LogP contribution in [0, 0.1) is 6.92 Å². The minimum atomic E-state index is 0. The van der Waals surface area contributed by atoms with Crippen molar-refractivity contribution in [3.63, 3.8) is 0 Å². The van der Waals surface area contributed by atoms with Gasteiger partial charge in [0.15, 0.2) is 5.96 Å². The molecule has 1 saturated heterocycles. The number of aliphatic imine (C=N–C) groups is 1. The Morgan fingerprint density at radius 1 is 1.38 bits per heavy atom. The molecule has 0 aromatic heterocycles. The fraction of sp³-hybridized carbons (Fsp3) is 0.611. The molecule has 0 radical (unpaired) electrons. The number of halogens is 1. The van der Waals surface area contributed by atoms with Crippen molar-refractivity contribution in [3.8, 4) is 0 Å². The monoisotopic (exact) mass is 446 g/mol. The molecule has 1 unspecified atom stereocenters. The maximum absolute atomic E-state index is 5.20. The van der Waals surface area contributed by atoms with Crippen LogP contribution in [0.3, 0.4) is 0 Å². The molecule has 1 atom stereocenters. The normalized spacial score (nSPS) is 18.3. The zero-order chi connectivity index (χ0) is 16.5. The van der Waals surface area contributed by atoms with Gasteiger partial charge in [-0.1, -0.05) is 29.8 Å². The number of benzene rings is 1. The van der Waals surface area contributed by atoms with Crippen molar-refractivity contribution in [3.05, 3.63) is 35.4 Å². The molecular formula is C18H31IN4O. The largest absolute Gasteiger partial charge is 0.383 e. The van der Waals surface area contributed by atoms with Crippen LogP contribution < -0.4 is 10.6 Å². The number of likely N-dealkylation sites (tertiary alicyclic amines) is 1. The third-order valence-electron chi connectivity index (χ3n) is 4.35. The van der Waals surface area contributed by atoms with Crippen molar-refractivity contribution in [2.45, 2.75) is 32.4 Å². The van der Waals surface area contributed by atoms with Gasteiger partial charge in [-0.3, -0.25) is 9.89 Å². The molecule has 0 aliphatic carbocycles. The van der Waals surface area contributed by atoms with Crippen molar-refractivity contribution in [1.82, 2.24) is 15.5 Å². The lowest BCUT2D eigenvalue weighted by Gasteiger charge is -2.25. The van der Waals surface area contributed by atoms with E-state index in [-0.39, 0.29) is 24.0 Å². The Bertz CT molecular complexity index is 510. The summed E-state index contributed by atoms with van der Waals surface area (Å²) in [4.78, 5) is 6.83. The summed E-state index contributed by atoms with van der Waals surface area (Å²) in [6, 6.07) is 9.11. The zero-order valence-electron chi connectivity index (χ0n) is 15.0. The van der Waals surface area contributed by atoms with E-state index in [2.05, 4.69) is 51.7 Å². The second-order valence-electron chi connectivity index (χ2n) is 6.12. The van der Waals surface area contributed by atoms with Gasteiger partial charge in [-0.25, -0.2) is 0 Å². The molecule has 1 aliphatic heterocycles. The molecule has 0 bridgehead atoms. The smallest absolute Gasteiger partial charge is 0.191 e. The molecule has 5 nitrogen and oxygen atoms in total. The van der Waals surface area contributed by atoms with Crippen LogP contribution in [0.15, 0.2) is 29.3 Å². The fourth-order valence-corrected chi connectivity index (χ4v) is 3.07. The van der Waals surface area contributed by atoms with Crippen LogP contribution in [0.2, 0.25) is 0 Å². The van der Waals surface area contributed by atoms with Gasteiger partial charge in [-0.15, -0.1) is 24.0 Å². The maximum atomic E-state index is 5.20. The van der Waals surface area contributed by atoms with Crippen LogP contribution in [0.5, 0.6) is 0 Å². The topological polar surface area (TPSA) is 48.9 Å². The Morgan fingerprint density at radius 3 is 2.92 bits per heavy atom. The van der Waals surface area contributed by atoms with E-state index in [9.17, 15) is 0 Å². The molecule has 1 aromatic carbocycles. The predicted octanol–water partition coefficient (Wildman–Crippen LogP) is 2.39. The summed E-state index contributed by atoms with van der Waals surface area (Å²) in [5, 5.41) is 6.85. The second kappa shape index (κ2) is 11.7. The summed E-state index contributed by atoms with van der Waals surface area (Å²) in [5.41, 5.74) is 2.56. The van der Waals surface area contributed by atoms with E-state index < -0.39 is 0 Å². The molecule has 1 fully saturated rings. The van der Waals surface area contributed by atoms with E-state index in [0.717, 1.165) is 32.2 Å². The Kier molecular flexibility index (Phi) is 10.3. The van der Waals surface area contributed by atoms with Gasteiger partial charge in [0.2, 0.25) is 0 Å². The lowest BCUT2D eigenvalue weighted by molar-refractivity contribution is 0.141. The highest BCUT2D eigenvalue weighted by molar-refractivity contribution is 14.0. The number of nitrogens with one attached hydrogen (secondary N) is 2. The van der Waals surface area contributed by atoms with E-state index in [1.807, 2.05) is 7.05 Å². The molecule has 0 saturated carbocycles. The predicted molar refractivity (Wildman–Crippen MR) is 111 cm³/mol. The average Bonchev–Trinajstić information content (AvgIpc) is 3.00. The van der Waals surface area contributed by atoms with Gasteiger partial charge in [0.1, 0.15) is 0 Å². The van der Waals surface area contributed by atoms with Crippen molar-refractivity contribution >= 4 is 29.9 Å². The van der Waals surface area contributed by atoms with Crippen molar-refractivity contribution < 1.29 is 4.74 Å². The summed E-state index contributed by atoms with van der Waals surface area (Å²) < 4.78 is 5.20. The van der Waals surface area contributed by atoms with E-state index in [4.69, 9.17) is 4.74 Å². The summed E-state index contributed by atoms with van der Waals surface area (Å²) in [6.07, 6.45) is 2.51. The van der Waals surface area contributed by atoms with Crippen molar-refractivity contribution in [2.24, 2.45) is 4.99 Å². The highest BCUT2D eigenvalue weighted by atomic mass is 127. The van der Waals surface area contributed by atoms with Gasteiger partial charge in [-0.05, 0) is 31.9 Å². The van der Waals surface area contributed by atoms with Crippen LogP contribution in [0.4, 0.5) is 0 Å². The standard InChI is InChI=1S/C18H30N4O.HI/c1-15-6-4-7-16(12-15)13-20-18(19-2)21-14-17-8-5-9-22(17)10-11-23-3;/h4,6-7,12,17H,5,8-11,13-14H2,1-3H3,(H2,19,20,21);1H. The summed E-state index contributed by atoms with van der Waals surface area (Å²) in [5.74, 6) is 0.866. The molecule has 0 amide bonds. The van der Waals surface area contributed by atoms with Crippen molar-refractivity contribution in [2.75, 3.05) is 40.4 Å². The van der Waals surface area contributed by atoms with Crippen molar-refractivity contribution in [1.29, 1.82) is 0 Å². The van der Waals surface area contributed by atoms with Gasteiger partial charge >= 0.3 is 0 Å². The number of methoxy groups -OCH3 is 1. The number of rotatable bonds is 7. The van der Waals surface area contributed by atoms with Gasteiger partial charge in [-0.2, -0.15) is 0 Å². The van der Waals surface area contributed by atoms with Gasteiger partial charge in [0.05, 0.1) is 6.61 Å². The molecule has 6 heteroatoms. The quantitative estimate of drug-likeness (QED) is 0.384. The zero-order valence-corrected chi connectivity index (χ0v) is 17.4. The third-order valence-corrected chi connectivity index (χ3v) is 4.35. The number of aryl methyl sites for hydroxylation is 1. The first-order valence-corrected chi connectivity index (χ1v) is 8.46. The number of hydrogen-bond acceptors (Lipinski definition) is 3. The molecule has 2 rings (SSSR count). The second-order valence-corrected chi connectivity index (χ2v) is 6.12. The lowest BCUT2D eigenvalue weighted by Crippen LogP contribution is -2.45. The van der Waals surface area contributed by atoms with Crippen LogP contribution in [0.25, 0.3) is 0 Å². The molecular weight excluding hydrogens is 415 g/mol. The molecule has 1 aliphatic rings. The lowest BCUT2D eigenvalue weighted by atomic mass is 10.1. The summed E-state index contributed by atoms with van der Waals surface area (Å²) in [7, 11) is 3.59. The van der Waals surface area contributed by atoms with Crippen LogP contribution >= 0.6 is 24.0 Å². The average molecular weight is 446 g/mol. The van der Waals surface area contributed by atoms with Gasteiger partial charge in [0.25, 0.3) is 0 Å². The number of hydrogen-bond donors (Lipinski definition) is 2. The molecule has 24 heavy (non-hydrogen) atoms. The summed E-state index contributed by atoms with van der Waals surface area (Å²) >= 11 is 0. The Hall–Kier alpha value is -0.860. The van der Waals surface area contributed by atoms with Crippen LogP contribution in [-0.4, -0.2) is 57.3 Å². The number of guanidine groups is 1. The first-order valence-electron chi connectivity index (χ1n) is 8.46. The summed E-state index contributed by atoms with van der Waals surface area (Å²) in [6.45, 7) is 6.82. The van der Waals surface area contributed by atoms with E-state index in [1.54, 1.807) is 7.11 Å². The number of ether oxygens (including phenoxy) is 1.